The van der Waals surface area contributed by atoms with Gasteiger partial charge in [-0.1, -0.05) is 0 Å². The monoisotopic (exact) mass is 150 g/mol. The summed E-state index contributed by atoms with van der Waals surface area (Å²) in [5.74, 6) is -0.616. The molecule has 56 valence electrons. The standard InChI is InChI=1S/C7H6N2O2/c8-7(11)6-1-2-9-3-5(6)4-10/h1-4H,(H2,8,11). The lowest BCUT2D eigenvalue weighted by molar-refractivity contribution is 0.0993. The van der Waals surface area contributed by atoms with Crippen LogP contribution in [0.1, 0.15) is 20.7 Å². The van der Waals surface area contributed by atoms with Crippen molar-refractivity contribution in [3.05, 3.63) is 29.6 Å². The Labute approximate surface area is 63.0 Å². The summed E-state index contributed by atoms with van der Waals surface area (Å²) in [5, 5.41) is 0. The largest absolute Gasteiger partial charge is 0.366 e. The number of carbonyl (C=O) groups is 2. The Balaban J connectivity index is 3.22. The van der Waals surface area contributed by atoms with Crippen LogP contribution < -0.4 is 5.73 Å². The third-order valence-electron chi connectivity index (χ3n) is 1.24. The first-order valence-corrected chi connectivity index (χ1v) is 2.94. The molecule has 1 aromatic heterocycles. The number of hydrogen-bond donors (Lipinski definition) is 1. The zero-order chi connectivity index (χ0) is 8.27. The van der Waals surface area contributed by atoms with Gasteiger partial charge in [0.2, 0.25) is 5.91 Å². The Bertz CT molecular complexity index is 296. The summed E-state index contributed by atoms with van der Waals surface area (Å²) in [5.41, 5.74) is 5.39. The van der Waals surface area contributed by atoms with Crippen LogP contribution in [0.4, 0.5) is 0 Å². The van der Waals surface area contributed by atoms with Crippen LogP contribution >= 0.6 is 0 Å². The van der Waals surface area contributed by atoms with E-state index in [0.717, 1.165) is 0 Å². The maximum Gasteiger partial charge on any atom is 0.249 e. The Kier molecular flexibility index (Phi) is 1.96. The second-order valence-corrected chi connectivity index (χ2v) is 1.95. The predicted molar refractivity (Wildman–Crippen MR) is 38.1 cm³/mol. The van der Waals surface area contributed by atoms with E-state index in [4.69, 9.17) is 5.73 Å². The van der Waals surface area contributed by atoms with Gasteiger partial charge in [0, 0.05) is 18.0 Å². The highest BCUT2D eigenvalue weighted by Gasteiger charge is 2.05. The van der Waals surface area contributed by atoms with E-state index in [2.05, 4.69) is 4.98 Å². The molecule has 0 aliphatic carbocycles. The fraction of sp³-hybridized carbons (Fsp3) is 0. The van der Waals surface area contributed by atoms with E-state index in [-0.39, 0.29) is 11.1 Å². The number of nitrogens with two attached hydrogens (primary N) is 1. The number of amides is 1. The van der Waals surface area contributed by atoms with E-state index in [9.17, 15) is 9.59 Å². The highest BCUT2D eigenvalue weighted by Crippen LogP contribution is 2.01. The van der Waals surface area contributed by atoms with Crippen LogP contribution in [0.15, 0.2) is 18.5 Å². The van der Waals surface area contributed by atoms with Gasteiger partial charge in [0.1, 0.15) is 0 Å². The molecule has 0 aliphatic heterocycles. The SMILES string of the molecule is NC(=O)c1ccncc1C=O. The highest BCUT2D eigenvalue weighted by atomic mass is 16.1. The first-order chi connectivity index (χ1) is 5.25. The van der Waals surface area contributed by atoms with E-state index >= 15 is 0 Å². The average Bonchev–Trinajstić information content (AvgIpc) is 2.04. The summed E-state index contributed by atoms with van der Waals surface area (Å²) in [6.07, 6.45) is 3.26. The number of rotatable bonds is 2. The number of aromatic nitrogens is 1. The van der Waals surface area contributed by atoms with Crippen molar-refractivity contribution in [2.75, 3.05) is 0 Å². The zero-order valence-electron chi connectivity index (χ0n) is 5.65. The Morgan fingerprint density at radius 2 is 2.36 bits per heavy atom. The lowest BCUT2D eigenvalue weighted by Crippen LogP contribution is -2.13. The summed E-state index contributed by atoms with van der Waals surface area (Å²) in [4.78, 5) is 24.6. The van der Waals surface area contributed by atoms with Crippen LogP contribution in [-0.2, 0) is 0 Å². The molecule has 1 amide bonds. The molecule has 0 unspecified atom stereocenters. The summed E-state index contributed by atoms with van der Waals surface area (Å²) in [6.45, 7) is 0. The molecule has 1 rings (SSSR count). The van der Waals surface area contributed by atoms with Gasteiger partial charge in [-0.3, -0.25) is 14.6 Å². The van der Waals surface area contributed by atoms with Gasteiger partial charge < -0.3 is 5.73 Å². The lowest BCUT2D eigenvalue weighted by Gasteiger charge is -1.95. The fourth-order valence-corrected chi connectivity index (χ4v) is 0.725. The number of nitrogens with zero attached hydrogens (tertiary/aromatic N) is 1. The topological polar surface area (TPSA) is 73.1 Å². The molecular weight excluding hydrogens is 144 g/mol. The summed E-state index contributed by atoms with van der Waals surface area (Å²) in [6, 6.07) is 1.41. The number of primary amides is 1. The molecule has 1 aromatic rings. The molecule has 0 saturated heterocycles. The van der Waals surface area contributed by atoms with Crippen molar-refractivity contribution in [3.8, 4) is 0 Å². The molecule has 2 N–H and O–H groups in total. The Hall–Kier alpha value is -1.71. The minimum absolute atomic E-state index is 0.204. The zero-order valence-corrected chi connectivity index (χ0v) is 5.65. The van der Waals surface area contributed by atoms with Crippen LogP contribution in [0, 0.1) is 0 Å². The number of hydrogen-bond acceptors (Lipinski definition) is 3. The second-order valence-electron chi connectivity index (χ2n) is 1.95. The van der Waals surface area contributed by atoms with Gasteiger partial charge in [0.25, 0.3) is 0 Å². The first-order valence-electron chi connectivity index (χ1n) is 2.94. The summed E-state index contributed by atoms with van der Waals surface area (Å²) < 4.78 is 0. The molecule has 0 atom stereocenters. The van der Waals surface area contributed by atoms with Crippen LogP contribution in [0.2, 0.25) is 0 Å². The maximum absolute atomic E-state index is 10.6. The summed E-state index contributed by atoms with van der Waals surface area (Å²) in [7, 11) is 0. The second kappa shape index (κ2) is 2.92. The van der Waals surface area contributed by atoms with Gasteiger partial charge in [0.15, 0.2) is 6.29 Å². The van der Waals surface area contributed by atoms with E-state index in [1.54, 1.807) is 0 Å². The first kappa shape index (κ1) is 7.40. The molecule has 0 bridgehead atoms. The van der Waals surface area contributed by atoms with Crippen LogP contribution in [0.25, 0.3) is 0 Å². The quantitative estimate of drug-likeness (QED) is 0.602. The number of pyridine rings is 1. The Morgan fingerprint density at radius 3 is 2.82 bits per heavy atom. The molecule has 0 aliphatic rings. The van der Waals surface area contributed by atoms with Crippen LogP contribution in [0.3, 0.4) is 0 Å². The molecular formula is C7H6N2O2. The fourth-order valence-electron chi connectivity index (χ4n) is 0.725. The Morgan fingerprint density at radius 1 is 1.64 bits per heavy atom. The van der Waals surface area contributed by atoms with Crippen molar-refractivity contribution in [2.24, 2.45) is 5.73 Å². The molecule has 4 heteroatoms. The molecule has 0 aromatic carbocycles. The van der Waals surface area contributed by atoms with Gasteiger partial charge >= 0.3 is 0 Å². The average molecular weight is 150 g/mol. The molecule has 0 radical (unpaired) electrons. The molecule has 0 saturated carbocycles. The van der Waals surface area contributed by atoms with Crippen molar-refractivity contribution in [2.45, 2.75) is 0 Å². The molecule has 0 spiro atoms. The maximum atomic E-state index is 10.6. The molecule has 1 heterocycles. The third-order valence-corrected chi connectivity index (χ3v) is 1.24. The molecule has 4 nitrogen and oxygen atoms in total. The third kappa shape index (κ3) is 1.40. The number of carbonyl (C=O) groups excluding carboxylic acids is 2. The van der Waals surface area contributed by atoms with Crippen LogP contribution in [0.5, 0.6) is 0 Å². The van der Waals surface area contributed by atoms with E-state index in [1.165, 1.54) is 18.5 Å². The minimum atomic E-state index is -0.616. The normalized spacial score (nSPS) is 9.09. The lowest BCUT2D eigenvalue weighted by atomic mass is 10.1. The van der Waals surface area contributed by atoms with Crippen LogP contribution in [-0.4, -0.2) is 17.2 Å². The van der Waals surface area contributed by atoms with Crippen molar-refractivity contribution < 1.29 is 9.59 Å². The van der Waals surface area contributed by atoms with Gasteiger partial charge in [-0.25, -0.2) is 0 Å². The summed E-state index contributed by atoms with van der Waals surface area (Å²) >= 11 is 0. The predicted octanol–water partition coefficient (Wildman–Crippen LogP) is -0.00700. The van der Waals surface area contributed by atoms with Crippen molar-refractivity contribution in [1.82, 2.24) is 4.98 Å². The smallest absolute Gasteiger partial charge is 0.249 e. The minimum Gasteiger partial charge on any atom is -0.366 e. The van der Waals surface area contributed by atoms with Gasteiger partial charge in [-0.2, -0.15) is 0 Å². The molecule has 11 heavy (non-hydrogen) atoms. The van der Waals surface area contributed by atoms with Gasteiger partial charge in [-0.05, 0) is 6.07 Å². The van der Waals surface area contributed by atoms with E-state index in [0.29, 0.717) is 6.29 Å². The van der Waals surface area contributed by atoms with Crippen molar-refractivity contribution >= 4 is 12.2 Å². The van der Waals surface area contributed by atoms with Gasteiger partial charge in [-0.15, -0.1) is 0 Å². The number of aldehydes is 1. The van der Waals surface area contributed by atoms with Crippen molar-refractivity contribution in [1.29, 1.82) is 0 Å². The van der Waals surface area contributed by atoms with Gasteiger partial charge in [0.05, 0.1) is 5.56 Å². The van der Waals surface area contributed by atoms with E-state index < -0.39 is 5.91 Å². The van der Waals surface area contributed by atoms with Crippen molar-refractivity contribution in [3.63, 3.8) is 0 Å². The molecule has 0 fully saturated rings. The van der Waals surface area contributed by atoms with E-state index in [1.807, 2.05) is 0 Å². The highest BCUT2D eigenvalue weighted by molar-refractivity contribution is 6.00.